The molecule has 0 aliphatic carbocycles. The molecule has 2 heterocycles. The fourth-order valence-corrected chi connectivity index (χ4v) is 2.66. The normalized spacial score (nSPS) is 34.3. The standard InChI is InChI=1S/C15H19FO7/c1-18-9-2-4-10(5-3-9)21-15-12(17)14(23-16)13-11(22-15)8-19-6-7-20-13/h2-5,11-15,17H,6-8H2,1H3. The Hall–Kier alpha value is -1.45. The van der Waals surface area contributed by atoms with E-state index < -0.39 is 30.7 Å². The molecule has 2 saturated heterocycles. The molecule has 1 aromatic rings. The summed E-state index contributed by atoms with van der Waals surface area (Å²) in [5, 5.41) is 10.3. The van der Waals surface area contributed by atoms with E-state index in [1.54, 1.807) is 31.4 Å². The van der Waals surface area contributed by atoms with E-state index >= 15 is 0 Å². The summed E-state index contributed by atoms with van der Waals surface area (Å²) >= 11 is 0. The first-order valence-corrected chi connectivity index (χ1v) is 7.34. The predicted molar refractivity (Wildman–Crippen MR) is 74.8 cm³/mol. The Morgan fingerprint density at radius 3 is 2.61 bits per heavy atom. The van der Waals surface area contributed by atoms with Crippen LogP contribution in [0.3, 0.4) is 0 Å². The summed E-state index contributed by atoms with van der Waals surface area (Å²) in [6.07, 6.45) is -5.01. The lowest BCUT2D eigenvalue weighted by Crippen LogP contribution is -2.60. The molecule has 0 amide bonds. The number of methoxy groups -OCH3 is 1. The highest BCUT2D eigenvalue weighted by Crippen LogP contribution is 2.29. The average Bonchev–Trinajstić information content (AvgIpc) is 2.81. The first-order chi connectivity index (χ1) is 11.2. The molecule has 23 heavy (non-hydrogen) atoms. The molecule has 5 unspecified atom stereocenters. The van der Waals surface area contributed by atoms with Crippen LogP contribution in [-0.2, 0) is 19.2 Å². The van der Waals surface area contributed by atoms with Crippen molar-refractivity contribution < 1.29 is 38.3 Å². The molecule has 0 aromatic heterocycles. The van der Waals surface area contributed by atoms with Crippen LogP contribution in [-0.4, -0.2) is 62.7 Å². The van der Waals surface area contributed by atoms with Gasteiger partial charge in [-0.2, -0.15) is 4.94 Å². The molecule has 0 saturated carbocycles. The molecule has 2 aliphatic rings. The van der Waals surface area contributed by atoms with Crippen LogP contribution in [0, 0.1) is 0 Å². The molecule has 2 fully saturated rings. The Morgan fingerprint density at radius 1 is 1.17 bits per heavy atom. The number of ether oxygens (including phenoxy) is 5. The second kappa shape index (κ2) is 7.41. The smallest absolute Gasteiger partial charge is 0.229 e. The van der Waals surface area contributed by atoms with Crippen molar-refractivity contribution in [2.75, 3.05) is 26.9 Å². The minimum atomic E-state index is -1.35. The van der Waals surface area contributed by atoms with Crippen LogP contribution in [0.5, 0.6) is 11.5 Å². The molecular weight excluding hydrogens is 311 g/mol. The molecule has 1 N–H and O–H groups in total. The molecule has 5 atom stereocenters. The van der Waals surface area contributed by atoms with Crippen molar-refractivity contribution in [2.45, 2.75) is 30.7 Å². The van der Waals surface area contributed by atoms with Crippen LogP contribution in [0.4, 0.5) is 4.53 Å². The zero-order valence-electron chi connectivity index (χ0n) is 12.6. The maximum atomic E-state index is 12.9. The number of benzene rings is 1. The van der Waals surface area contributed by atoms with E-state index in [1.807, 2.05) is 0 Å². The summed E-state index contributed by atoms with van der Waals surface area (Å²) in [4.78, 5) is 3.92. The molecule has 128 valence electrons. The van der Waals surface area contributed by atoms with E-state index in [9.17, 15) is 9.63 Å². The topological polar surface area (TPSA) is 75.6 Å². The van der Waals surface area contributed by atoms with Gasteiger partial charge >= 0.3 is 0 Å². The predicted octanol–water partition coefficient (Wildman–Crippen LogP) is 0.845. The monoisotopic (exact) mass is 330 g/mol. The van der Waals surface area contributed by atoms with E-state index in [1.165, 1.54) is 0 Å². The Labute approximate surface area is 132 Å². The van der Waals surface area contributed by atoms with Gasteiger partial charge in [0, 0.05) is 0 Å². The minimum absolute atomic E-state index is 0.208. The van der Waals surface area contributed by atoms with Gasteiger partial charge in [0.05, 0.1) is 26.9 Å². The average molecular weight is 330 g/mol. The van der Waals surface area contributed by atoms with E-state index in [2.05, 4.69) is 4.94 Å². The number of rotatable bonds is 4. The summed E-state index contributed by atoms with van der Waals surface area (Å²) in [5.74, 6) is 1.11. The van der Waals surface area contributed by atoms with E-state index in [-0.39, 0.29) is 13.2 Å². The Morgan fingerprint density at radius 2 is 1.91 bits per heavy atom. The van der Waals surface area contributed by atoms with Crippen molar-refractivity contribution in [3.05, 3.63) is 24.3 Å². The number of halogens is 1. The van der Waals surface area contributed by atoms with Gasteiger partial charge in [0.2, 0.25) is 6.29 Å². The summed E-state index contributed by atoms with van der Waals surface area (Å²) in [6, 6.07) is 6.72. The Kier molecular flexibility index (Phi) is 5.29. The lowest BCUT2D eigenvalue weighted by atomic mass is 9.99. The van der Waals surface area contributed by atoms with Gasteiger partial charge in [0.25, 0.3) is 0 Å². The van der Waals surface area contributed by atoms with Crippen molar-refractivity contribution in [3.8, 4) is 11.5 Å². The first kappa shape index (κ1) is 16.4. The third-order valence-corrected chi connectivity index (χ3v) is 3.85. The van der Waals surface area contributed by atoms with Gasteiger partial charge in [-0.15, -0.1) is 0 Å². The van der Waals surface area contributed by atoms with E-state index in [0.717, 1.165) is 0 Å². The number of hydrogen-bond acceptors (Lipinski definition) is 7. The number of fused-ring (bicyclic) bond motifs is 1. The van der Waals surface area contributed by atoms with Crippen molar-refractivity contribution in [2.24, 2.45) is 0 Å². The molecule has 2 aliphatic heterocycles. The highest BCUT2D eigenvalue weighted by atomic mass is 19.3. The van der Waals surface area contributed by atoms with Gasteiger partial charge in [-0.05, 0) is 28.8 Å². The summed E-state index contributed by atoms with van der Waals surface area (Å²) in [7, 11) is 1.55. The number of hydrogen-bond donors (Lipinski definition) is 1. The van der Waals surface area contributed by atoms with Crippen LogP contribution in [0.2, 0.25) is 0 Å². The molecule has 7 nitrogen and oxygen atoms in total. The Balaban J connectivity index is 1.73. The molecule has 0 bridgehead atoms. The fraction of sp³-hybridized carbons (Fsp3) is 0.600. The quantitative estimate of drug-likeness (QED) is 0.877. The third kappa shape index (κ3) is 3.56. The number of aliphatic hydroxyl groups is 1. The lowest BCUT2D eigenvalue weighted by molar-refractivity contribution is -0.330. The van der Waals surface area contributed by atoms with Crippen molar-refractivity contribution >= 4 is 0 Å². The maximum Gasteiger partial charge on any atom is 0.229 e. The Bertz CT molecular complexity index is 497. The second-order valence-corrected chi connectivity index (χ2v) is 5.29. The second-order valence-electron chi connectivity index (χ2n) is 5.29. The van der Waals surface area contributed by atoms with Gasteiger partial charge in [-0.25, -0.2) is 0 Å². The zero-order valence-corrected chi connectivity index (χ0v) is 12.6. The van der Waals surface area contributed by atoms with Gasteiger partial charge in [0.1, 0.15) is 29.8 Å². The highest BCUT2D eigenvalue weighted by molar-refractivity contribution is 5.31. The molecule has 1 aromatic carbocycles. The van der Waals surface area contributed by atoms with E-state index in [0.29, 0.717) is 18.1 Å². The van der Waals surface area contributed by atoms with Crippen LogP contribution in [0.15, 0.2) is 24.3 Å². The van der Waals surface area contributed by atoms with Crippen LogP contribution >= 0.6 is 0 Å². The van der Waals surface area contributed by atoms with Crippen molar-refractivity contribution in [1.82, 2.24) is 0 Å². The summed E-state index contributed by atoms with van der Waals surface area (Å²) in [6.45, 7) is 0.857. The van der Waals surface area contributed by atoms with Gasteiger partial charge in [-0.1, -0.05) is 0 Å². The maximum absolute atomic E-state index is 12.9. The summed E-state index contributed by atoms with van der Waals surface area (Å²) < 4.78 is 40.1. The summed E-state index contributed by atoms with van der Waals surface area (Å²) in [5.41, 5.74) is 0. The molecular formula is C15H19FO7. The minimum Gasteiger partial charge on any atom is -0.497 e. The van der Waals surface area contributed by atoms with E-state index in [4.69, 9.17) is 23.7 Å². The molecule has 0 radical (unpaired) electrons. The van der Waals surface area contributed by atoms with Crippen LogP contribution in [0.25, 0.3) is 0 Å². The molecule has 3 rings (SSSR count). The largest absolute Gasteiger partial charge is 0.497 e. The highest BCUT2D eigenvalue weighted by Gasteiger charge is 2.49. The van der Waals surface area contributed by atoms with Crippen molar-refractivity contribution in [3.63, 3.8) is 0 Å². The third-order valence-electron chi connectivity index (χ3n) is 3.85. The van der Waals surface area contributed by atoms with Gasteiger partial charge in [-0.3, -0.25) is 0 Å². The van der Waals surface area contributed by atoms with Crippen LogP contribution < -0.4 is 9.47 Å². The number of aliphatic hydroxyl groups excluding tert-OH is 1. The van der Waals surface area contributed by atoms with Crippen molar-refractivity contribution in [1.29, 1.82) is 0 Å². The molecule has 8 heteroatoms. The van der Waals surface area contributed by atoms with Crippen LogP contribution in [0.1, 0.15) is 0 Å². The first-order valence-electron chi connectivity index (χ1n) is 7.34. The lowest BCUT2D eigenvalue weighted by Gasteiger charge is -2.41. The zero-order chi connectivity index (χ0) is 16.2. The fourth-order valence-electron chi connectivity index (χ4n) is 2.66. The SMILES string of the molecule is COc1ccc(OC2OC3COCCOC3C(OF)C2O)cc1. The molecule has 0 spiro atoms. The van der Waals surface area contributed by atoms with Gasteiger partial charge in [0.15, 0.2) is 6.10 Å². The van der Waals surface area contributed by atoms with Gasteiger partial charge < -0.3 is 28.8 Å².